The number of hydrogen-bond donors (Lipinski definition) is 1. The summed E-state index contributed by atoms with van der Waals surface area (Å²) in [4.78, 5) is 0. The van der Waals surface area contributed by atoms with Gasteiger partial charge in [-0.2, -0.15) is 0 Å². The van der Waals surface area contributed by atoms with E-state index in [0.717, 1.165) is 11.0 Å². The van der Waals surface area contributed by atoms with E-state index >= 15 is 0 Å². The van der Waals surface area contributed by atoms with Gasteiger partial charge in [-0.15, -0.1) is 0 Å². The summed E-state index contributed by atoms with van der Waals surface area (Å²) in [5, 5.41) is 3.26. The van der Waals surface area contributed by atoms with E-state index < -0.39 is 0 Å². The van der Waals surface area contributed by atoms with Crippen LogP contribution < -0.4 is 5.32 Å². The second-order valence-corrected chi connectivity index (χ2v) is 5.65. The normalized spacial score (nSPS) is 18.5. The van der Waals surface area contributed by atoms with Crippen LogP contribution in [0.3, 0.4) is 0 Å². The first-order valence-corrected chi connectivity index (χ1v) is 7.07. The van der Waals surface area contributed by atoms with Crippen molar-refractivity contribution in [3.05, 3.63) is 34.3 Å². The molecule has 1 aliphatic rings. The zero-order valence-corrected chi connectivity index (χ0v) is 11.9. The van der Waals surface area contributed by atoms with Gasteiger partial charge in [0.05, 0.1) is 12.2 Å². The Morgan fingerprint density at radius 1 is 1.29 bits per heavy atom. The van der Waals surface area contributed by atoms with Crippen molar-refractivity contribution in [2.75, 3.05) is 13.6 Å². The third kappa shape index (κ3) is 3.30. The van der Waals surface area contributed by atoms with E-state index in [1.165, 1.54) is 31.2 Å². The molecule has 2 nitrogen and oxygen atoms in total. The number of halogens is 1. The van der Waals surface area contributed by atoms with Crippen molar-refractivity contribution in [2.24, 2.45) is 0 Å². The summed E-state index contributed by atoms with van der Waals surface area (Å²) < 4.78 is 7.34. The first kappa shape index (κ1) is 13.1. The van der Waals surface area contributed by atoms with Gasteiger partial charge in [-0.05, 0) is 31.5 Å². The maximum atomic E-state index is 6.21. The van der Waals surface area contributed by atoms with E-state index in [-0.39, 0.29) is 5.60 Å². The second-order valence-electron chi connectivity index (χ2n) is 4.80. The highest BCUT2D eigenvalue weighted by Crippen LogP contribution is 2.34. The average molecular weight is 298 g/mol. The molecule has 17 heavy (non-hydrogen) atoms. The Balaban J connectivity index is 1.98. The molecule has 1 N–H and O–H groups in total. The van der Waals surface area contributed by atoms with Gasteiger partial charge in [0.1, 0.15) is 0 Å². The smallest absolute Gasteiger partial charge is 0.0810 e. The molecule has 0 aromatic heterocycles. The van der Waals surface area contributed by atoms with Crippen molar-refractivity contribution in [1.29, 1.82) is 0 Å². The van der Waals surface area contributed by atoms with Crippen LogP contribution in [0.1, 0.15) is 31.2 Å². The third-order valence-corrected chi connectivity index (χ3v) is 4.28. The van der Waals surface area contributed by atoms with Gasteiger partial charge in [0.25, 0.3) is 0 Å². The summed E-state index contributed by atoms with van der Waals surface area (Å²) in [6, 6.07) is 8.28. The summed E-state index contributed by atoms with van der Waals surface area (Å²) >= 11 is 3.57. The zero-order valence-electron chi connectivity index (χ0n) is 10.3. The Kier molecular flexibility index (Phi) is 4.60. The topological polar surface area (TPSA) is 21.3 Å². The molecule has 0 heterocycles. The van der Waals surface area contributed by atoms with Gasteiger partial charge in [-0.1, -0.05) is 47.0 Å². The van der Waals surface area contributed by atoms with E-state index in [1.54, 1.807) is 0 Å². The van der Waals surface area contributed by atoms with Gasteiger partial charge >= 0.3 is 0 Å². The van der Waals surface area contributed by atoms with Gasteiger partial charge in [-0.25, -0.2) is 0 Å². The van der Waals surface area contributed by atoms with Crippen LogP contribution in [0.2, 0.25) is 0 Å². The van der Waals surface area contributed by atoms with E-state index in [1.807, 2.05) is 13.1 Å². The van der Waals surface area contributed by atoms with Crippen molar-refractivity contribution in [3.63, 3.8) is 0 Å². The summed E-state index contributed by atoms with van der Waals surface area (Å²) in [5.74, 6) is 0. The summed E-state index contributed by atoms with van der Waals surface area (Å²) in [6.07, 6.45) is 4.94. The lowest BCUT2D eigenvalue weighted by molar-refractivity contribution is -0.0495. The Bertz CT molecular complexity index is 361. The fourth-order valence-electron chi connectivity index (χ4n) is 2.56. The van der Waals surface area contributed by atoms with Crippen molar-refractivity contribution in [3.8, 4) is 0 Å². The maximum absolute atomic E-state index is 6.21. The Hall–Kier alpha value is -0.380. The number of rotatable bonds is 5. The van der Waals surface area contributed by atoms with Crippen LogP contribution in [0, 0.1) is 0 Å². The highest BCUT2D eigenvalue weighted by atomic mass is 79.9. The van der Waals surface area contributed by atoms with E-state index in [4.69, 9.17) is 4.74 Å². The lowest BCUT2D eigenvalue weighted by Gasteiger charge is -2.29. The lowest BCUT2D eigenvalue weighted by Crippen LogP contribution is -2.39. The van der Waals surface area contributed by atoms with Crippen LogP contribution in [0.4, 0.5) is 0 Å². The number of likely N-dealkylation sites (N-methyl/N-ethyl adjacent to an activating group) is 1. The number of nitrogens with one attached hydrogen (secondary N) is 1. The second kappa shape index (κ2) is 5.98. The monoisotopic (exact) mass is 297 g/mol. The molecule has 0 aliphatic heterocycles. The molecule has 2 rings (SSSR count). The Labute approximate surface area is 112 Å². The van der Waals surface area contributed by atoms with Crippen molar-refractivity contribution in [1.82, 2.24) is 5.32 Å². The minimum atomic E-state index is 0.0596. The maximum Gasteiger partial charge on any atom is 0.0810 e. The lowest BCUT2D eigenvalue weighted by atomic mass is 10.0. The molecule has 3 heteroatoms. The minimum Gasteiger partial charge on any atom is -0.369 e. The summed E-state index contributed by atoms with van der Waals surface area (Å²) in [6.45, 7) is 1.65. The van der Waals surface area contributed by atoms with Crippen LogP contribution in [-0.2, 0) is 11.3 Å². The molecule has 0 spiro atoms. The summed E-state index contributed by atoms with van der Waals surface area (Å²) in [5.41, 5.74) is 1.29. The Morgan fingerprint density at radius 2 is 2.00 bits per heavy atom. The molecule has 0 bridgehead atoms. The van der Waals surface area contributed by atoms with E-state index in [2.05, 4.69) is 39.4 Å². The van der Waals surface area contributed by atoms with Crippen molar-refractivity contribution >= 4 is 15.9 Å². The molecule has 1 aromatic rings. The third-order valence-electron chi connectivity index (χ3n) is 3.51. The molecule has 1 fully saturated rings. The molecular formula is C14H20BrNO. The van der Waals surface area contributed by atoms with Gasteiger partial charge in [0.2, 0.25) is 0 Å². The minimum absolute atomic E-state index is 0.0596. The molecule has 1 aliphatic carbocycles. The first-order valence-electron chi connectivity index (χ1n) is 6.28. The number of benzene rings is 1. The standard InChI is InChI=1S/C14H20BrNO/c1-16-11-14(8-4-5-9-14)17-10-12-6-2-3-7-13(12)15/h2-3,6-7,16H,4-5,8-11H2,1H3. The fraction of sp³-hybridized carbons (Fsp3) is 0.571. The van der Waals surface area contributed by atoms with Crippen LogP contribution in [0.5, 0.6) is 0 Å². The fourth-order valence-corrected chi connectivity index (χ4v) is 2.96. The predicted molar refractivity (Wildman–Crippen MR) is 74.1 cm³/mol. The van der Waals surface area contributed by atoms with Crippen LogP contribution >= 0.6 is 15.9 Å². The molecule has 1 saturated carbocycles. The molecule has 94 valence electrons. The van der Waals surface area contributed by atoms with Gasteiger partial charge < -0.3 is 10.1 Å². The zero-order chi connectivity index (χ0) is 12.1. The quantitative estimate of drug-likeness (QED) is 0.898. The predicted octanol–water partition coefficient (Wildman–Crippen LogP) is 3.50. The molecule has 0 atom stereocenters. The van der Waals surface area contributed by atoms with Crippen LogP contribution in [-0.4, -0.2) is 19.2 Å². The molecular weight excluding hydrogens is 278 g/mol. The average Bonchev–Trinajstić information content (AvgIpc) is 2.78. The molecule has 1 aromatic carbocycles. The van der Waals surface area contributed by atoms with Gasteiger partial charge in [0, 0.05) is 11.0 Å². The van der Waals surface area contributed by atoms with Crippen molar-refractivity contribution in [2.45, 2.75) is 37.9 Å². The molecule has 0 radical (unpaired) electrons. The van der Waals surface area contributed by atoms with Crippen LogP contribution in [0.25, 0.3) is 0 Å². The van der Waals surface area contributed by atoms with E-state index in [0.29, 0.717) is 6.61 Å². The summed E-state index contributed by atoms with van der Waals surface area (Å²) in [7, 11) is 2.00. The van der Waals surface area contributed by atoms with Gasteiger partial charge in [-0.3, -0.25) is 0 Å². The first-order chi connectivity index (χ1) is 8.26. The molecule has 0 saturated heterocycles. The van der Waals surface area contributed by atoms with E-state index in [9.17, 15) is 0 Å². The van der Waals surface area contributed by atoms with Crippen molar-refractivity contribution < 1.29 is 4.74 Å². The number of ether oxygens (including phenoxy) is 1. The largest absolute Gasteiger partial charge is 0.369 e. The molecule has 0 amide bonds. The highest BCUT2D eigenvalue weighted by Gasteiger charge is 2.34. The Morgan fingerprint density at radius 3 is 2.65 bits per heavy atom. The SMILES string of the molecule is CNCC1(OCc2ccccc2Br)CCCC1. The molecule has 0 unspecified atom stereocenters. The van der Waals surface area contributed by atoms with Crippen LogP contribution in [0.15, 0.2) is 28.7 Å². The van der Waals surface area contributed by atoms with Gasteiger partial charge in [0.15, 0.2) is 0 Å². The number of hydrogen-bond acceptors (Lipinski definition) is 2. The highest BCUT2D eigenvalue weighted by molar-refractivity contribution is 9.10.